The van der Waals surface area contributed by atoms with Crippen molar-refractivity contribution in [2.24, 2.45) is 0 Å². The highest BCUT2D eigenvalue weighted by Crippen LogP contribution is 2.41. The van der Waals surface area contributed by atoms with Crippen LogP contribution < -0.4 is 5.32 Å². The van der Waals surface area contributed by atoms with Gasteiger partial charge in [0.1, 0.15) is 5.52 Å². The van der Waals surface area contributed by atoms with Gasteiger partial charge in [-0.1, -0.05) is 40.9 Å². The molecule has 0 aliphatic carbocycles. The number of nitrogens with zero attached hydrogens (tertiary/aromatic N) is 2. The van der Waals surface area contributed by atoms with Crippen molar-refractivity contribution in [1.29, 1.82) is 0 Å². The Labute approximate surface area is 154 Å². The van der Waals surface area contributed by atoms with E-state index in [0.717, 1.165) is 47.7 Å². The predicted molar refractivity (Wildman–Crippen MR) is 99.2 cm³/mol. The van der Waals surface area contributed by atoms with E-state index in [4.69, 9.17) is 34.8 Å². The Morgan fingerprint density at radius 1 is 1.17 bits per heavy atom. The molecular formula is C17H14Cl3N3O. The van der Waals surface area contributed by atoms with Gasteiger partial charge in [-0.15, -0.1) is 0 Å². The van der Waals surface area contributed by atoms with Gasteiger partial charge in [0.2, 0.25) is 5.95 Å². The molecule has 0 fully saturated rings. The van der Waals surface area contributed by atoms with Gasteiger partial charge in [0.05, 0.1) is 17.1 Å². The Bertz CT molecular complexity index is 952. The molecule has 1 aromatic heterocycles. The minimum atomic E-state index is -0.100. The Morgan fingerprint density at radius 2 is 2.00 bits per heavy atom. The Balaban J connectivity index is 2.03. The van der Waals surface area contributed by atoms with Gasteiger partial charge in [0.25, 0.3) is 0 Å². The van der Waals surface area contributed by atoms with Crippen LogP contribution >= 0.6 is 34.8 Å². The number of aliphatic hydroxyl groups excluding tert-OH is 1. The molecule has 0 bridgehead atoms. The third-order valence-corrected chi connectivity index (χ3v) is 5.20. The van der Waals surface area contributed by atoms with Crippen LogP contribution in [-0.4, -0.2) is 21.2 Å². The Kier molecular flexibility index (Phi) is 4.09. The highest BCUT2D eigenvalue weighted by Gasteiger charge is 2.22. The number of fused-ring (bicyclic) bond motifs is 3. The summed E-state index contributed by atoms with van der Waals surface area (Å²) >= 11 is 19.0. The number of imidazole rings is 1. The van der Waals surface area contributed by atoms with Gasteiger partial charge in [-0.3, -0.25) is 0 Å². The summed E-state index contributed by atoms with van der Waals surface area (Å²) in [4.78, 5) is 4.63. The van der Waals surface area contributed by atoms with E-state index in [-0.39, 0.29) is 6.61 Å². The summed E-state index contributed by atoms with van der Waals surface area (Å²) in [6.07, 6.45) is 1.01. The molecule has 4 nitrogen and oxygen atoms in total. The number of hydrogen-bond acceptors (Lipinski definition) is 3. The Hall–Kier alpha value is -1.46. The largest absolute Gasteiger partial charge is 0.392 e. The van der Waals surface area contributed by atoms with Crippen molar-refractivity contribution in [3.05, 3.63) is 44.9 Å². The molecular weight excluding hydrogens is 369 g/mol. The lowest BCUT2D eigenvalue weighted by molar-refractivity contribution is 0.283. The van der Waals surface area contributed by atoms with E-state index < -0.39 is 0 Å². The highest BCUT2D eigenvalue weighted by molar-refractivity contribution is 6.40. The fourth-order valence-electron chi connectivity index (χ4n) is 3.18. The Morgan fingerprint density at radius 3 is 2.75 bits per heavy atom. The fraction of sp³-hybridized carbons (Fsp3) is 0.235. The van der Waals surface area contributed by atoms with E-state index in [2.05, 4.69) is 14.9 Å². The smallest absolute Gasteiger partial charge is 0.203 e. The highest BCUT2D eigenvalue weighted by atomic mass is 35.5. The maximum atomic E-state index is 9.87. The normalized spacial score (nSPS) is 13.8. The van der Waals surface area contributed by atoms with Crippen molar-refractivity contribution in [1.82, 2.24) is 9.55 Å². The van der Waals surface area contributed by atoms with Crippen LogP contribution in [0.5, 0.6) is 0 Å². The summed E-state index contributed by atoms with van der Waals surface area (Å²) < 4.78 is 2.07. The molecule has 2 N–H and O–H groups in total. The molecule has 4 rings (SSSR count). The summed E-state index contributed by atoms with van der Waals surface area (Å²) in [5.74, 6) is 0.784. The van der Waals surface area contributed by atoms with Gasteiger partial charge in [0, 0.05) is 39.8 Å². The summed E-state index contributed by atoms with van der Waals surface area (Å²) in [5, 5.41) is 14.7. The lowest BCUT2D eigenvalue weighted by Gasteiger charge is -2.17. The quantitative estimate of drug-likeness (QED) is 0.658. The van der Waals surface area contributed by atoms with Crippen molar-refractivity contribution < 1.29 is 5.11 Å². The number of aryl methyl sites for hydroxylation is 1. The van der Waals surface area contributed by atoms with Gasteiger partial charge in [-0.2, -0.15) is 0 Å². The van der Waals surface area contributed by atoms with Crippen LogP contribution in [0.25, 0.3) is 22.2 Å². The van der Waals surface area contributed by atoms with Gasteiger partial charge in [-0.05, 0) is 24.6 Å². The first kappa shape index (κ1) is 16.0. The number of aromatic nitrogens is 2. The van der Waals surface area contributed by atoms with E-state index in [9.17, 15) is 5.11 Å². The van der Waals surface area contributed by atoms with Crippen LogP contribution in [0.2, 0.25) is 15.1 Å². The van der Waals surface area contributed by atoms with Crippen LogP contribution in [0.1, 0.15) is 12.0 Å². The first-order chi connectivity index (χ1) is 11.6. The molecule has 0 spiro atoms. The molecule has 124 valence electrons. The minimum Gasteiger partial charge on any atom is -0.392 e. The number of hydrogen-bond donors (Lipinski definition) is 2. The average Bonchev–Trinajstić information content (AvgIpc) is 2.96. The molecule has 0 saturated heterocycles. The third kappa shape index (κ3) is 2.45. The van der Waals surface area contributed by atoms with E-state index in [1.54, 1.807) is 12.1 Å². The molecule has 0 unspecified atom stereocenters. The van der Waals surface area contributed by atoms with Gasteiger partial charge < -0.3 is 15.0 Å². The predicted octanol–water partition coefficient (Wildman–Crippen LogP) is 4.97. The number of aliphatic hydroxyl groups is 1. The summed E-state index contributed by atoms with van der Waals surface area (Å²) in [6.45, 7) is 1.63. The zero-order chi connectivity index (χ0) is 16.8. The number of benzene rings is 2. The molecule has 0 saturated carbocycles. The molecule has 2 aromatic carbocycles. The molecule has 3 aromatic rings. The maximum absolute atomic E-state index is 9.87. The van der Waals surface area contributed by atoms with Crippen LogP contribution in [0, 0.1) is 0 Å². The van der Waals surface area contributed by atoms with Crippen LogP contribution in [0.4, 0.5) is 5.95 Å². The number of halogens is 3. The first-order valence-corrected chi connectivity index (χ1v) is 8.75. The molecule has 24 heavy (non-hydrogen) atoms. The third-order valence-electron chi connectivity index (χ3n) is 4.27. The van der Waals surface area contributed by atoms with E-state index in [0.29, 0.717) is 20.6 Å². The lowest BCUT2D eigenvalue weighted by Crippen LogP contribution is -2.17. The number of nitrogens with one attached hydrogen (secondary N) is 1. The minimum absolute atomic E-state index is 0.100. The van der Waals surface area contributed by atoms with Crippen LogP contribution in [-0.2, 0) is 13.2 Å². The molecule has 2 heterocycles. The molecule has 7 heteroatoms. The van der Waals surface area contributed by atoms with Crippen molar-refractivity contribution in [3.63, 3.8) is 0 Å². The molecule has 1 aliphatic rings. The molecule has 1 aliphatic heterocycles. The zero-order valence-corrected chi connectivity index (χ0v) is 14.9. The van der Waals surface area contributed by atoms with Crippen LogP contribution in [0.3, 0.4) is 0 Å². The average molecular weight is 383 g/mol. The van der Waals surface area contributed by atoms with E-state index >= 15 is 0 Å². The molecule has 0 atom stereocenters. The second kappa shape index (κ2) is 6.12. The van der Waals surface area contributed by atoms with Crippen molar-refractivity contribution >= 4 is 51.8 Å². The van der Waals surface area contributed by atoms with Crippen molar-refractivity contribution in [3.8, 4) is 11.1 Å². The summed E-state index contributed by atoms with van der Waals surface area (Å²) in [5.41, 5.74) is 3.83. The van der Waals surface area contributed by atoms with Crippen LogP contribution in [0.15, 0.2) is 24.3 Å². The molecule has 0 amide bonds. The molecule has 0 radical (unpaired) electrons. The van der Waals surface area contributed by atoms with Gasteiger partial charge in [-0.25, -0.2) is 4.98 Å². The van der Waals surface area contributed by atoms with Crippen molar-refractivity contribution in [2.75, 3.05) is 11.9 Å². The summed E-state index contributed by atoms with van der Waals surface area (Å²) in [6, 6.07) is 7.15. The van der Waals surface area contributed by atoms with E-state index in [1.165, 1.54) is 0 Å². The van der Waals surface area contributed by atoms with E-state index in [1.807, 2.05) is 12.1 Å². The second-order valence-electron chi connectivity index (χ2n) is 5.74. The standard InChI is InChI=1S/C17H14Cl3N3O/c18-10-2-3-11(13(19)7-10)12-6-9(8-24)16-15(14(12)20)22-17-21-4-1-5-23(16)17/h2-3,6-7,24H,1,4-5,8H2,(H,21,22). The zero-order valence-electron chi connectivity index (χ0n) is 12.6. The fourth-order valence-corrected chi connectivity index (χ4v) is 3.98. The van der Waals surface area contributed by atoms with Gasteiger partial charge >= 0.3 is 0 Å². The van der Waals surface area contributed by atoms with Crippen molar-refractivity contribution in [2.45, 2.75) is 19.6 Å². The monoisotopic (exact) mass is 381 g/mol. The number of rotatable bonds is 2. The number of anilines is 1. The lowest BCUT2D eigenvalue weighted by atomic mass is 10.0. The maximum Gasteiger partial charge on any atom is 0.203 e. The topological polar surface area (TPSA) is 50.1 Å². The summed E-state index contributed by atoms with van der Waals surface area (Å²) in [7, 11) is 0. The first-order valence-electron chi connectivity index (χ1n) is 7.62. The second-order valence-corrected chi connectivity index (χ2v) is 6.97. The van der Waals surface area contributed by atoms with Gasteiger partial charge in [0.15, 0.2) is 0 Å². The SMILES string of the molecule is OCc1cc(-c2ccc(Cl)cc2Cl)c(Cl)c2nc3n(c12)CCCN3.